The van der Waals surface area contributed by atoms with Crippen molar-refractivity contribution in [3.05, 3.63) is 41.5 Å². The highest BCUT2D eigenvalue weighted by Crippen LogP contribution is 2.30. The molecule has 0 heterocycles. The second kappa shape index (κ2) is 4.42. The highest BCUT2D eigenvalue weighted by molar-refractivity contribution is 8.07. The van der Waals surface area contributed by atoms with Gasteiger partial charge in [0.25, 0.3) is 6.08 Å². The van der Waals surface area contributed by atoms with Gasteiger partial charge in [0.05, 0.1) is 4.91 Å². The summed E-state index contributed by atoms with van der Waals surface area (Å²) in [7, 11) is 0. The van der Waals surface area contributed by atoms with Gasteiger partial charge in [-0.1, -0.05) is 29.8 Å². The van der Waals surface area contributed by atoms with E-state index in [1.807, 2.05) is 19.1 Å². The molecular formula is C10H10F2S. The Balaban J connectivity index is 3.07. The molecule has 0 amide bonds. The normalized spacial score (nSPS) is 9.85. The number of hydrogen-bond acceptors (Lipinski definition) is 1. The van der Waals surface area contributed by atoms with Gasteiger partial charge in [0.1, 0.15) is 0 Å². The number of aryl methyl sites for hydroxylation is 1. The minimum absolute atomic E-state index is 0.0556. The van der Waals surface area contributed by atoms with E-state index in [1.54, 1.807) is 18.4 Å². The van der Waals surface area contributed by atoms with Crippen molar-refractivity contribution in [2.75, 3.05) is 6.26 Å². The fraction of sp³-hybridized carbons (Fsp3) is 0.200. The highest BCUT2D eigenvalue weighted by Gasteiger charge is 2.06. The second-order valence-electron chi connectivity index (χ2n) is 2.66. The number of benzene rings is 1. The molecule has 0 aromatic heterocycles. The van der Waals surface area contributed by atoms with Crippen LogP contribution in [0.1, 0.15) is 11.1 Å². The fourth-order valence-corrected chi connectivity index (χ4v) is 1.54. The summed E-state index contributed by atoms with van der Waals surface area (Å²) in [4.78, 5) is 0.0556. The van der Waals surface area contributed by atoms with Crippen LogP contribution in [-0.4, -0.2) is 6.26 Å². The Hall–Kier alpha value is -0.830. The Labute approximate surface area is 80.7 Å². The first-order chi connectivity index (χ1) is 6.15. The lowest BCUT2D eigenvalue weighted by molar-refractivity contribution is 0.428. The summed E-state index contributed by atoms with van der Waals surface area (Å²) in [5, 5.41) is 0. The predicted molar refractivity (Wildman–Crippen MR) is 53.8 cm³/mol. The van der Waals surface area contributed by atoms with Crippen LogP contribution in [0.5, 0.6) is 0 Å². The Morgan fingerprint density at radius 3 is 2.08 bits per heavy atom. The first kappa shape index (κ1) is 10.3. The topological polar surface area (TPSA) is 0 Å². The predicted octanol–water partition coefficient (Wildman–Crippen LogP) is 3.92. The van der Waals surface area contributed by atoms with Crippen LogP contribution in [-0.2, 0) is 0 Å². The molecule has 0 atom stereocenters. The van der Waals surface area contributed by atoms with Crippen molar-refractivity contribution in [2.45, 2.75) is 6.92 Å². The minimum Gasteiger partial charge on any atom is -0.172 e. The highest BCUT2D eigenvalue weighted by atomic mass is 32.2. The summed E-state index contributed by atoms with van der Waals surface area (Å²) >= 11 is 1.07. The molecule has 0 fully saturated rings. The van der Waals surface area contributed by atoms with Crippen LogP contribution in [0.3, 0.4) is 0 Å². The third-order valence-corrected chi connectivity index (χ3v) is 2.49. The summed E-state index contributed by atoms with van der Waals surface area (Å²) < 4.78 is 24.7. The second-order valence-corrected chi connectivity index (χ2v) is 3.48. The van der Waals surface area contributed by atoms with Gasteiger partial charge in [0, 0.05) is 0 Å². The van der Waals surface area contributed by atoms with E-state index in [2.05, 4.69) is 0 Å². The smallest absolute Gasteiger partial charge is 0.172 e. The van der Waals surface area contributed by atoms with Gasteiger partial charge >= 0.3 is 0 Å². The van der Waals surface area contributed by atoms with E-state index in [1.165, 1.54) is 0 Å². The van der Waals surface area contributed by atoms with E-state index < -0.39 is 6.08 Å². The Morgan fingerprint density at radius 1 is 1.15 bits per heavy atom. The lowest BCUT2D eigenvalue weighted by Gasteiger charge is -2.02. The molecular weight excluding hydrogens is 190 g/mol. The van der Waals surface area contributed by atoms with Crippen LogP contribution in [0.25, 0.3) is 4.91 Å². The molecule has 0 aliphatic rings. The van der Waals surface area contributed by atoms with Gasteiger partial charge in [0.15, 0.2) is 0 Å². The average molecular weight is 200 g/mol. The first-order valence-electron chi connectivity index (χ1n) is 3.81. The molecule has 0 nitrogen and oxygen atoms in total. The molecule has 0 N–H and O–H groups in total. The molecule has 0 saturated carbocycles. The van der Waals surface area contributed by atoms with Crippen molar-refractivity contribution in [1.29, 1.82) is 0 Å². The zero-order valence-electron chi connectivity index (χ0n) is 7.47. The average Bonchev–Trinajstić information content (AvgIpc) is 2.09. The number of thioether (sulfide) groups is 1. The van der Waals surface area contributed by atoms with E-state index in [4.69, 9.17) is 0 Å². The Kier molecular flexibility index (Phi) is 3.48. The monoisotopic (exact) mass is 200 g/mol. The first-order valence-corrected chi connectivity index (χ1v) is 5.04. The van der Waals surface area contributed by atoms with Crippen molar-refractivity contribution in [3.63, 3.8) is 0 Å². The van der Waals surface area contributed by atoms with Gasteiger partial charge < -0.3 is 0 Å². The van der Waals surface area contributed by atoms with Crippen molar-refractivity contribution in [3.8, 4) is 0 Å². The third kappa shape index (κ3) is 2.56. The van der Waals surface area contributed by atoms with E-state index in [0.717, 1.165) is 17.3 Å². The van der Waals surface area contributed by atoms with Crippen molar-refractivity contribution in [2.24, 2.45) is 0 Å². The van der Waals surface area contributed by atoms with Crippen LogP contribution < -0.4 is 0 Å². The van der Waals surface area contributed by atoms with E-state index >= 15 is 0 Å². The molecule has 1 aromatic rings. The summed E-state index contributed by atoms with van der Waals surface area (Å²) in [6.07, 6.45) is 0.0327. The van der Waals surface area contributed by atoms with Crippen LogP contribution in [0.15, 0.2) is 30.3 Å². The molecule has 0 bridgehead atoms. The molecule has 0 unspecified atom stereocenters. The number of rotatable bonds is 2. The third-order valence-electron chi connectivity index (χ3n) is 1.69. The maximum Gasteiger partial charge on any atom is 0.284 e. The quantitative estimate of drug-likeness (QED) is 0.697. The molecule has 0 radical (unpaired) electrons. The molecule has 3 heteroatoms. The van der Waals surface area contributed by atoms with E-state index in [-0.39, 0.29) is 4.91 Å². The summed E-state index contributed by atoms with van der Waals surface area (Å²) in [6, 6.07) is 7.07. The SMILES string of the molecule is CSC(=C(F)F)c1ccc(C)cc1. The molecule has 70 valence electrons. The molecule has 0 aliphatic heterocycles. The van der Waals surface area contributed by atoms with Crippen LogP contribution >= 0.6 is 11.8 Å². The van der Waals surface area contributed by atoms with Gasteiger partial charge in [-0.3, -0.25) is 0 Å². The molecule has 13 heavy (non-hydrogen) atoms. The zero-order valence-corrected chi connectivity index (χ0v) is 8.29. The lowest BCUT2D eigenvalue weighted by atomic mass is 10.1. The Bertz CT molecular complexity index is 310. The molecule has 0 aliphatic carbocycles. The fourth-order valence-electron chi connectivity index (χ4n) is 1.01. The summed E-state index contributed by atoms with van der Waals surface area (Å²) in [5.41, 5.74) is 1.65. The van der Waals surface area contributed by atoms with Crippen LogP contribution in [0.2, 0.25) is 0 Å². The summed E-state index contributed by atoms with van der Waals surface area (Å²) in [6.45, 7) is 1.93. The summed E-state index contributed by atoms with van der Waals surface area (Å²) in [5.74, 6) is 0. The van der Waals surface area contributed by atoms with Crippen molar-refractivity contribution in [1.82, 2.24) is 0 Å². The number of hydrogen-bond donors (Lipinski definition) is 0. The van der Waals surface area contributed by atoms with Gasteiger partial charge in [-0.05, 0) is 18.7 Å². The van der Waals surface area contributed by atoms with Gasteiger partial charge in [-0.25, -0.2) is 0 Å². The minimum atomic E-state index is -1.61. The maximum absolute atomic E-state index is 12.3. The standard InChI is InChI=1S/C10H10F2S/c1-7-3-5-8(6-4-7)9(13-2)10(11)12/h3-6H,1-2H3. The molecule has 1 rings (SSSR count). The zero-order chi connectivity index (χ0) is 9.84. The largest absolute Gasteiger partial charge is 0.284 e. The van der Waals surface area contributed by atoms with Gasteiger partial charge in [-0.15, -0.1) is 11.8 Å². The maximum atomic E-state index is 12.3. The Morgan fingerprint density at radius 2 is 1.69 bits per heavy atom. The van der Waals surface area contributed by atoms with E-state index in [9.17, 15) is 8.78 Å². The number of halogens is 2. The van der Waals surface area contributed by atoms with Gasteiger partial charge in [0.2, 0.25) is 0 Å². The lowest BCUT2D eigenvalue weighted by Crippen LogP contribution is -1.81. The van der Waals surface area contributed by atoms with Crippen molar-refractivity contribution >= 4 is 16.7 Å². The molecule has 1 aromatic carbocycles. The van der Waals surface area contributed by atoms with Crippen LogP contribution in [0, 0.1) is 6.92 Å². The molecule has 0 saturated heterocycles. The molecule has 0 spiro atoms. The van der Waals surface area contributed by atoms with Crippen LogP contribution in [0.4, 0.5) is 8.78 Å². The van der Waals surface area contributed by atoms with Crippen molar-refractivity contribution < 1.29 is 8.78 Å². The van der Waals surface area contributed by atoms with E-state index in [0.29, 0.717) is 5.56 Å². The van der Waals surface area contributed by atoms with Gasteiger partial charge in [-0.2, -0.15) is 8.78 Å².